The van der Waals surface area contributed by atoms with Gasteiger partial charge in [-0.15, -0.1) is 20.4 Å². The van der Waals surface area contributed by atoms with E-state index in [4.69, 9.17) is 0 Å². The molecule has 0 saturated carbocycles. The molecule has 30 heavy (non-hydrogen) atoms. The minimum absolute atomic E-state index is 0.217. The lowest BCUT2D eigenvalue weighted by molar-refractivity contribution is 0.0950. The van der Waals surface area contributed by atoms with Gasteiger partial charge in [0.05, 0.1) is 11.4 Å². The van der Waals surface area contributed by atoms with Crippen molar-refractivity contribution in [1.29, 1.82) is 0 Å². The first-order valence-corrected chi connectivity index (χ1v) is 11.2. The molecule has 0 aliphatic heterocycles. The molecule has 0 spiro atoms. The first kappa shape index (κ1) is 20.2. The van der Waals surface area contributed by atoms with Crippen LogP contribution in [0.15, 0.2) is 60.0 Å². The second kappa shape index (κ2) is 9.19. The van der Waals surface area contributed by atoms with Crippen LogP contribution in [0.3, 0.4) is 0 Å². The molecule has 152 valence electrons. The number of aryl methyl sites for hydroxylation is 2. The number of nitrogens with zero attached hydrogens (tertiary/aromatic N) is 5. The predicted molar refractivity (Wildman–Crippen MR) is 118 cm³/mol. The van der Waals surface area contributed by atoms with E-state index in [1.807, 2.05) is 34.9 Å². The topological polar surface area (TPSA) is 85.6 Å². The number of hydrogen-bond acceptors (Lipinski definition) is 7. The van der Waals surface area contributed by atoms with Gasteiger partial charge in [-0.1, -0.05) is 71.1 Å². The third-order valence-electron chi connectivity index (χ3n) is 4.41. The molecule has 0 radical (unpaired) electrons. The third kappa shape index (κ3) is 4.74. The fourth-order valence-electron chi connectivity index (χ4n) is 2.95. The zero-order chi connectivity index (χ0) is 20.9. The van der Waals surface area contributed by atoms with Crippen molar-refractivity contribution < 1.29 is 4.79 Å². The molecule has 0 aliphatic rings. The summed E-state index contributed by atoms with van der Waals surface area (Å²) in [7, 11) is 0. The van der Waals surface area contributed by atoms with Crippen molar-refractivity contribution in [2.45, 2.75) is 31.3 Å². The number of rotatable bonds is 7. The molecule has 2 aromatic carbocycles. The summed E-state index contributed by atoms with van der Waals surface area (Å²) >= 11 is 2.81. The van der Waals surface area contributed by atoms with Gasteiger partial charge in [-0.05, 0) is 31.0 Å². The molecule has 1 N–H and O–H groups in total. The van der Waals surface area contributed by atoms with Crippen molar-refractivity contribution in [1.82, 2.24) is 30.3 Å². The summed E-state index contributed by atoms with van der Waals surface area (Å²) in [6.45, 7) is 4.60. The smallest absolute Gasteiger partial charge is 0.282 e. The van der Waals surface area contributed by atoms with Gasteiger partial charge in [0.2, 0.25) is 5.01 Å². The van der Waals surface area contributed by atoms with E-state index in [1.54, 1.807) is 6.33 Å². The second-order valence-electron chi connectivity index (χ2n) is 6.73. The highest BCUT2D eigenvalue weighted by atomic mass is 32.2. The highest BCUT2D eigenvalue weighted by Gasteiger charge is 2.15. The standard InChI is InChI=1S/C21H20N6OS2/c1-14-8-9-17(15(2)10-14)27-13-23-26-21(27)29-12-18-24-25-20(30-18)19(28)22-11-16-6-4-3-5-7-16/h3-10,13H,11-12H2,1-2H3,(H,22,28). The average Bonchev–Trinajstić information content (AvgIpc) is 3.41. The van der Waals surface area contributed by atoms with Gasteiger partial charge in [-0.3, -0.25) is 9.36 Å². The van der Waals surface area contributed by atoms with Crippen molar-refractivity contribution in [3.8, 4) is 5.69 Å². The molecule has 0 bridgehead atoms. The summed E-state index contributed by atoms with van der Waals surface area (Å²) < 4.78 is 1.97. The number of aromatic nitrogens is 5. The highest BCUT2D eigenvalue weighted by molar-refractivity contribution is 7.98. The van der Waals surface area contributed by atoms with E-state index in [9.17, 15) is 4.79 Å². The Labute approximate surface area is 182 Å². The normalized spacial score (nSPS) is 10.9. The van der Waals surface area contributed by atoms with Crippen molar-refractivity contribution in [3.05, 3.63) is 81.6 Å². The molecule has 7 nitrogen and oxygen atoms in total. The molecular weight excluding hydrogens is 416 g/mol. The Balaban J connectivity index is 1.38. The van der Waals surface area contributed by atoms with Crippen LogP contribution in [0.2, 0.25) is 0 Å². The Kier molecular flexibility index (Phi) is 6.20. The van der Waals surface area contributed by atoms with Crippen LogP contribution in [0.4, 0.5) is 0 Å². The van der Waals surface area contributed by atoms with Crippen LogP contribution in [0.1, 0.15) is 31.5 Å². The van der Waals surface area contributed by atoms with Gasteiger partial charge in [0.15, 0.2) is 5.16 Å². The molecule has 0 fully saturated rings. The number of nitrogens with one attached hydrogen (secondary N) is 1. The van der Waals surface area contributed by atoms with Crippen molar-refractivity contribution in [2.75, 3.05) is 0 Å². The molecule has 4 rings (SSSR count). The van der Waals surface area contributed by atoms with Gasteiger partial charge in [0.25, 0.3) is 5.91 Å². The van der Waals surface area contributed by atoms with Crippen molar-refractivity contribution >= 4 is 29.0 Å². The lowest BCUT2D eigenvalue weighted by Crippen LogP contribution is -2.22. The van der Waals surface area contributed by atoms with Gasteiger partial charge in [-0.25, -0.2) is 0 Å². The fourth-order valence-corrected chi connectivity index (χ4v) is 4.61. The van der Waals surface area contributed by atoms with Crippen LogP contribution in [-0.4, -0.2) is 30.9 Å². The van der Waals surface area contributed by atoms with E-state index < -0.39 is 0 Å². The number of benzene rings is 2. The summed E-state index contributed by atoms with van der Waals surface area (Å²) in [5.74, 6) is 0.346. The number of thioether (sulfide) groups is 1. The molecule has 0 unspecified atom stereocenters. The zero-order valence-corrected chi connectivity index (χ0v) is 18.2. The Morgan fingerprint density at radius 2 is 1.93 bits per heavy atom. The largest absolute Gasteiger partial charge is 0.346 e. The zero-order valence-electron chi connectivity index (χ0n) is 16.6. The van der Waals surface area contributed by atoms with Gasteiger partial charge >= 0.3 is 0 Å². The Morgan fingerprint density at radius 3 is 2.73 bits per heavy atom. The maximum absolute atomic E-state index is 12.3. The molecule has 0 aliphatic carbocycles. The summed E-state index contributed by atoms with van der Waals surface area (Å²) in [6.07, 6.45) is 1.71. The first-order chi connectivity index (χ1) is 14.6. The number of carbonyl (C=O) groups excluding carboxylic acids is 1. The Hall–Kier alpha value is -3.04. The minimum atomic E-state index is -0.217. The predicted octanol–water partition coefficient (Wildman–Crippen LogP) is 3.96. The number of hydrogen-bond donors (Lipinski definition) is 1. The highest BCUT2D eigenvalue weighted by Crippen LogP contribution is 2.26. The lowest BCUT2D eigenvalue weighted by atomic mass is 10.1. The van der Waals surface area contributed by atoms with Gasteiger partial charge in [0.1, 0.15) is 11.3 Å². The van der Waals surface area contributed by atoms with Crippen LogP contribution < -0.4 is 5.32 Å². The SMILES string of the molecule is Cc1ccc(-n2cnnc2SCc2nnc(C(=O)NCc3ccccc3)s2)c(C)c1. The maximum atomic E-state index is 12.3. The van der Waals surface area contributed by atoms with E-state index in [0.717, 1.165) is 27.0 Å². The van der Waals surface area contributed by atoms with Crippen LogP contribution in [0.5, 0.6) is 0 Å². The number of carbonyl (C=O) groups is 1. The third-order valence-corrected chi connectivity index (χ3v) is 6.47. The van der Waals surface area contributed by atoms with Crippen molar-refractivity contribution in [3.63, 3.8) is 0 Å². The van der Waals surface area contributed by atoms with Crippen LogP contribution >= 0.6 is 23.1 Å². The Morgan fingerprint density at radius 1 is 1.10 bits per heavy atom. The van der Waals surface area contributed by atoms with Crippen molar-refractivity contribution in [2.24, 2.45) is 0 Å². The average molecular weight is 437 g/mol. The molecule has 2 heterocycles. The Bertz CT molecular complexity index is 1160. The molecule has 9 heteroatoms. The fraction of sp³-hybridized carbons (Fsp3) is 0.190. The van der Waals surface area contributed by atoms with Gasteiger partial charge in [0, 0.05) is 6.54 Å². The summed E-state index contributed by atoms with van der Waals surface area (Å²) in [5.41, 5.74) is 4.46. The molecule has 4 aromatic rings. The first-order valence-electron chi connectivity index (χ1n) is 9.35. The minimum Gasteiger partial charge on any atom is -0.346 e. The van der Waals surface area contributed by atoms with E-state index in [2.05, 4.69) is 57.8 Å². The van der Waals surface area contributed by atoms with Crippen LogP contribution in [0, 0.1) is 13.8 Å². The van der Waals surface area contributed by atoms with E-state index in [1.165, 1.54) is 28.7 Å². The monoisotopic (exact) mass is 436 g/mol. The summed E-state index contributed by atoms with van der Waals surface area (Å²) in [5, 5.41) is 21.2. The van der Waals surface area contributed by atoms with Gasteiger partial charge < -0.3 is 5.32 Å². The van der Waals surface area contributed by atoms with E-state index in [0.29, 0.717) is 17.3 Å². The van der Waals surface area contributed by atoms with Crippen LogP contribution in [-0.2, 0) is 12.3 Å². The maximum Gasteiger partial charge on any atom is 0.282 e. The lowest BCUT2D eigenvalue weighted by Gasteiger charge is -2.09. The van der Waals surface area contributed by atoms with Gasteiger partial charge in [-0.2, -0.15) is 0 Å². The summed E-state index contributed by atoms with van der Waals surface area (Å²) in [4.78, 5) is 12.3. The summed E-state index contributed by atoms with van der Waals surface area (Å²) in [6, 6.07) is 16.0. The van der Waals surface area contributed by atoms with Crippen LogP contribution in [0.25, 0.3) is 5.69 Å². The molecule has 1 amide bonds. The number of amides is 1. The molecule has 2 aromatic heterocycles. The molecule has 0 saturated heterocycles. The second-order valence-corrected chi connectivity index (χ2v) is 8.74. The molecule has 0 atom stereocenters. The molecular formula is C21H20N6OS2. The quantitative estimate of drug-likeness (QED) is 0.442. The van der Waals surface area contributed by atoms with E-state index >= 15 is 0 Å². The van der Waals surface area contributed by atoms with E-state index in [-0.39, 0.29) is 5.91 Å².